The van der Waals surface area contributed by atoms with E-state index in [4.69, 9.17) is 0 Å². The van der Waals surface area contributed by atoms with Gasteiger partial charge in [-0.1, -0.05) is 31.2 Å². The van der Waals surface area contributed by atoms with E-state index in [0.29, 0.717) is 6.54 Å². The van der Waals surface area contributed by atoms with Gasteiger partial charge in [-0.15, -0.1) is 0 Å². The maximum Gasteiger partial charge on any atom is 0.279 e. The second-order valence-electron chi connectivity index (χ2n) is 6.47. The summed E-state index contributed by atoms with van der Waals surface area (Å²) in [7, 11) is 6.10. The maximum atomic E-state index is 12.2. The Bertz CT molecular complexity index is 648. The number of hydrogen-bond acceptors (Lipinski definition) is 2. The van der Waals surface area contributed by atoms with E-state index in [-0.39, 0.29) is 5.91 Å². The fourth-order valence-corrected chi connectivity index (χ4v) is 2.63. The number of quaternary nitrogens is 1. The molecule has 24 heavy (non-hydrogen) atoms. The number of benzene rings is 2. The van der Waals surface area contributed by atoms with E-state index >= 15 is 0 Å². The fraction of sp³-hybridized carbons (Fsp3) is 0.350. The highest BCUT2D eigenvalue weighted by atomic mass is 16.2. The summed E-state index contributed by atoms with van der Waals surface area (Å²) in [5, 5.41) is 2.97. The van der Waals surface area contributed by atoms with Gasteiger partial charge >= 0.3 is 0 Å². The average molecular weight is 326 g/mol. The molecule has 0 saturated carbocycles. The number of aryl methyl sites for hydroxylation is 1. The summed E-state index contributed by atoms with van der Waals surface area (Å²) in [5.41, 5.74) is 4.56. The molecule has 0 aliphatic heterocycles. The van der Waals surface area contributed by atoms with E-state index in [2.05, 4.69) is 53.5 Å². The number of likely N-dealkylation sites (N-methyl/N-ethyl adjacent to an activating group) is 1. The Morgan fingerprint density at radius 1 is 1.00 bits per heavy atom. The van der Waals surface area contributed by atoms with Crippen LogP contribution < -0.4 is 15.1 Å². The average Bonchev–Trinajstić information content (AvgIpc) is 2.55. The molecule has 0 radical (unpaired) electrons. The van der Waals surface area contributed by atoms with Crippen molar-refractivity contribution in [3.63, 3.8) is 0 Å². The van der Waals surface area contributed by atoms with Crippen molar-refractivity contribution in [2.24, 2.45) is 0 Å². The first kappa shape index (κ1) is 18.0. The zero-order chi connectivity index (χ0) is 17.5. The Balaban J connectivity index is 1.84. The third-order valence-corrected chi connectivity index (χ3v) is 4.07. The number of carbonyl (C=O) groups is 1. The fourth-order valence-electron chi connectivity index (χ4n) is 2.63. The summed E-state index contributed by atoms with van der Waals surface area (Å²) in [5.74, 6) is 0.0432. The summed E-state index contributed by atoms with van der Waals surface area (Å²) in [6.07, 6.45) is 1.01. The van der Waals surface area contributed by atoms with Crippen LogP contribution in [0.4, 0.5) is 11.4 Å². The Labute approximate surface area is 145 Å². The Morgan fingerprint density at radius 3 is 2.12 bits per heavy atom. The van der Waals surface area contributed by atoms with Gasteiger partial charge in [-0.3, -0.25) is 4.79 Å². The van der Waals surface area contributed by atoms with Crippen LogP contribution in [0.15, 0.2) is 48.5 Å². The number of rotatable bonds is 7. The van der Waals surface area contributed by atoms with E-state index in [1.54, 1.807) is 0 Å². The monoisotopic (exact) mass is 326 g/mol. The lowest BCUT2D eigenvalue weighted by Gasteiger charge is -2.16. The number of hydrogen-bond donors (Lipinski definition) is 2. The van der Waals surface area contributed by atoms with Crippen molar-refractivity contribution in [2.75, 3.05) is 37.9 Å². The molecule has 0 aromatic heterocycles. The zero-order valence-corrected chi connectivity index (χ0v) is 15.1. The lowest BCUT2D eigenvalue weighted by atomic mass is 10.1. The Hall–Kier alpha value is -2.33. The van der Waals surface area contributed by atoms with E-state index in [0.717, 1.165) is 23.6 Å². The molecule has 0 heterocycles. The lowest BCUT2D eigenvalue weighted by Crippen LogP contribution is -3.08. The van der Waals surface area contributed by atoms with Crippen LogP contribution >= 0.6 is 0 Å². The smallest absolute Gasteiger partial charge is 0.279 e. The SMILES string of the molecule is CCc1ccc(NC(=O)C[NH+](C)Cc2ccc(N(C)C)cc2)cc1. The first-order valence-corrected chi connectivity index (χ1v) is 8.44. The predicted octanol–water partition coefficient (Wildman–Crippen LogP) is 1.97. The second kappa shape index (κ2) is 8.50. The predicted molar refractivity (Wildman–Crippen MR) is 101 cm³/mol. The summed E-state index contributed by atoms with van der Waals surface area (Å²) in [6.45, 7) is 3.40. The molecule has 0 aliphatic carbocycles. The first-order valence-electron chi connectivity index (χ1n) is 8.44. The minimum atomic E-state index is 0.0432. The van der Waals surface area contributed by atoms with Gasteiger partial charge in [0.05, 0.1) is 7.05 Å². The standard InChI is InChI=1S/C20H27N3O/c1-5-16-6-10-18(11-7-16)21-20(24)15-23(4)14-17-8-12-19(13-9-17)22(2)3/h6-13H,5,14-15H2,1-4H3,(H,21,24)/p+1. The van der Waals surface area contributed by atoms with Gasteiger partial charge in [0.15, 0.2) is 6.54 Å². The van der Waals surface area contributed by atoms with E-state index in [1.807, 2.05) is 33.3 Å². The van der Waals surface area contributed by atoms with Crippen molar-refractivity contribution in [3.8, 4) is 0 Å². The van der Waals surface area contributed by atoms with Gasteiger partial charge in [-0.25, -0.2) is 0 Å². The second-order valence-corrected chi connectivity index (χ2v) is 6.47. The number of nitrogens with zero attached hydrogens (tertiary/aromatic N) is 1. The highest BCUT2D eigenvalue weighted by molar-refractivity contribution is 5.91. The number of amides is 1. The minimum Gasteiger partial charge on any atom is -0.378 e. The van der Waals surface area contributed by atoms with Gasteiger partial charge in [-0.2, -0.15) is 0 Å². The van der Waals surface area contributed by atoms with E-state index in [9.17, 15) is 4.79 Å². The summed E-state index contributed by atoms with van der Waals surface area (Å²) in [4.78, 5) is 15.4. The zero-order valence-electron chi connectivity index (χ0n) is 15.1. The van der Waals surface area contributed by atoms with Crippen LogP contribution in [0.3, 0.4) is 0 Å². The molecular formula is C20H28N3O+. The third-order valence-electron chi connectivity index (χ3n) is 4.07. The molecule has 1 amide bonds. The largest absolute Gasteiger partial charge is 0.378 e. The molecular weight excluding hydrogens is 298 g/mol. The quantitative estimate of drug-likeness (QED) is 0.816. The molecule has 0 spiro atoms. The molecule has 2 aromatic rings. The van der Waals surface area contributed by atoms with Crippen LogP contribution in [0.5, 0.6) is 0 Å². The number of nitrogens with one attached hydrogen (secondary N) is 2. The van der Waals surface area contributed by atoms with Gasteiger partial charge in [-0.05, 0) is 36.2 Å². The van der Waals surface area contributed by atoms with Crippen molar-refractivity contribution < 1.29 is 9.69 Å². The van der Waals surface area contributed by atoms with Crippen LogP contribution in [0.1, 0.15) is 18.1 Å². The molecule has 2 N–H and O–H groups in total. The number of carbonyl (C=O) groups excluding carboxylic acids is 1. The molecule has 2 aromatic carbocycles. The molecule has 0 aliphatic rings. The first-order chi connectivity index (χ1) is 11.5. The van der Waals surface area contributed by atoms with Crippen LogP contribution in [-0.4, -0.2) is 33.6 Å². The summed E-state index contributed by atoms with van der Waals surface area (Å²) in [6, 6.07) is 16.5. The van der Waals surface area contributed by atoms with Crippen LogP contribution in [0, 0.1) is 0 Å². The molecule has 128 valence electrons. The molecule has 2 rings (SSSR count). The van der Waals surface area contributed by atoms with Crippen molar-refractivity contribution in [1.82, 2.24) is 0 Å². The van der Waals surface area contributed by atoms with Crippen LogP contribution in [0.2, 0.25) is 0 Å². The van der Waals surface area contributed by atoms with Gasteiger partial charge in [0.2, 0.25) is 0 Å². The van der Waals surface area contributed by atoms with E-state index in [1.165, 1.54) is 16.8 Å². The topological polar surface area (TPSA) is 36.8 Å². The Morgan fingerprint density at radius 2 is 1.58 bits per heavy atom. The summed E-state index contributed by atoms with van der Waals surface area (Å²) < 4.78 is 0. The van der Waals surface area contributed by atoms with Crippen LogP contribution in [-0.2, 0) is 17.8 Å². The van der Waals surface area contributed by atoms with Gasteiger partial charge in [0.1, 0.15) is 6.54 Å². The molecule has 1 atom stereocenters. The van der Waals surface area contributed by atoms with Crippen molar-refractivity contribution in [3.05, 3.63) is 59.7 Å². The van der Waals surface area contributed by atoms with Crippen molar-refractivity contribution >= 4 is 17.3 Å². The van der Waals surface area contributed by atoms with Crippen LogP contribution in [0.25, 0.3) is 0 Å². The highest BCUT2D eigenvalue weighted by Crippen LogP contribution is 2.11. The highest BCUT2D eigenvalue weighted by Gasteiger charge is 2.11. The van der Waals surface area contributed by atoms with Crippen molar-refractivity contribution in [2.45, 2.75) is 19.9 Å². The van der Waals surface area contributed by atoms with Gasteiger partial charge in [0.25, 0.3) is 5.91 Å². The minimum absolute atomic E-state index is 0.0432. The normalized spacial score (nSPS) is 11.8. The van der Waals surface area contributed by atoms with Gasteiger partial charge in [0, 0.05) is 31.0 Å². The third kappa shape index (κ3) is 5.39. The number of anilines is 2. The molecule has 1 unspecified atom stereocenters. The molecule has 0 saturated heterocycles. The molecule has 4 heteroatoms. The van der Waals surface area contributed by atoms with Crippen molar-refractivity contribution in [1.29, 1.82) is 0 Å². The molecule has 0 bridgehead atoms. The van der Waals surface area contributed by atoms with E-state index < -0.39 is 0 Å². The molecule has 4 nitrogen and oxygen atoms in total. The van der Waals surface area contributed by atoms with Gasteiger partial charge < -0.3 is 15.1 Å². The lowest BCUT2D eigenvalue weighted by molar-refractivity contribution is -0.885. The Kier molecular flexibility index (Phi) is 6.38. The maximum absolute atomic E-state index is 12.2. The molecule has 0 fully saturated rings. The summed E-state index contributed by atoms with van der Waals surface area (Å²) >= 11 is 0.